The van der Waals surface area contributed by atoms with Crippen LogP contribution in [0.5, 0.6) is 5.75 Å². The van der Waals surface area contributed by atoms with Crippen LogP contribution in [0.15, 0.2) is 18.2 Å². The van der Waals surface area contributed by atoms with E-state index in [1.165, 1.54) is 5.52 Å². The van der Waals surface area contributed by atoms with E-state index in [2.05, 4.69) is 42.3 Å². The Balaban J connectivity index is 2.30. The lowest BCUT2D eigenvalue weighted by Crippen LogP contribution is -2.16. The molecule has 110 valence electrons. The summed E-state index contributed by atoms with van der Waals surface area (Å²) in [5.41, 5.74) is 2.19. The Morgan fingerprint density at radius 3 is 2.80 bits per heavy atom. The van der Waals surface area contributed by atoms with Crippen LogP contribution >= 0.6 is 12.6 Å². The quantitative estimate of drug-likeness (QED) is 0.796. The summed E-state index contributed by atoms with van der Waals surface area (Å²) in [6, 6.07) is 6.09. The molecule has 0 atom stereocenters. The molecule has 0 aliphatic heterocycles. The Labute approximate surface area is 126 Å². The average molecular weight is 293 g/mol. The van der Waals surface area contributed by atoms with Crippen LogP contribution in [0.4, 0.5) is 0 Å². The van der Waals surface area contributed by atoms with Crippen molar-refractivity contribution in [3.05, 3.63) is 24.0 Å². The van der Waals surface area contributed by atoms with Crippen molar-refractivity contribution in [2.45, 2.75) is 19.4 Å². The van der Waals surface area contributed by atoms with Crippen molar-refractivity contribution >= 4 is 23.7 Å². The predicted octanol–water partition coefficient (Wildman–Crippen LogP) is 2.47. The molecule has 0 aliphatic rings. The predicted molar refractivity (Wildman–Crippen MR) is 87.0 cm³/mol. The van der Waals surface area contributed by atoms with Crippen LogP contribution < -0.4 is 4.74 Å². The lowest BCUT2D eigenvalue weighted by Gasteiger charge is -2.12. The minimum atomic E-state index is 0.814. The second kappa shape index (κ2) is 6.99. The number of rotatable bonds is 7. The van der Waals surface area contributed by atoms with Crippen molar-refractivity contribution in [2.75, 3.05) is 33.5 Å². The Morgan fingerprint density at radius 2 is 2.15 bits per heavy atom. The van der Waals surface area contributed by atoms with Gasteiger partial charge in [-0.1, -0.05) is 0 Å². The van der Waals surface area contributed by atoms with Crippen LogP contribution in [-0.2, 0) is 13.0 Å². The largest absolute Gasteiger partial charge is 0.497 e. The normalized spacial score (nSPS) is 11.4. The van der Waals surface area contributed by atoms with E-state index in [-0.39, 0.29) is 0 Å². The lowest BCUT2D eigenvalue weighted by atomic mass is 10.3. The zero-order chi connectivity index (χ0) is 14.5. The summed E-state index contributed by atoms with van der Waals surface area (Å²) in [6.07, 6.45) is 2.01. The first-order chi connectivity index (χ1) is 9.65. The Morgan fingerprint density at radius 1 is 1.35 bits per heavy atom. The van der Waals surface area contributed by atoms with E-state index in [0.29, 0.717) is 0 Å². The fourth-order valence-corrected chi connectivity index (χ4v) is 2.57. The molecule has 2 aromatic rings. The smallest absolute Gasteiger partial charge is 0.121 e. The maximum absolute atomic E-state index is 5.27. The van der Waals surface area contributed by atoms with Gasteiger partial charge in [-0.25, -0.2) is 4.98 Å². The molecule has 0 N–H and O–H groups in total. The van der Waals surface area contributed by atoms with Gasteiger partial charge in [0, 0.05) is 19.0 Å². The van der Waals surface area contributed by atoms with Gasteiger partial charge < -0.3 is 14.2 Å². The zero-order valence-corrected chi connectivity index (χ0v) is 13.4. The highest BCUT2D eigenvalue weighted by Gasteiger charge is 2.10. The van der Waals surface area contributed by atoms with Gasteiger partial charge in [0.15, 0.2) is 0 Å². The lowest BCUT2D eigenvalue weighted by molar-refractivity contribution is 0.386. The number of hydrogen-bond acceptors (Lipinski definition) is 4. The minimum absolute atomic E-state index is 0.814. The van der Waals surface area contributed by atoms with Gasteiger partial charge in [0.25, 0.3) is 0 Å². The third-order valence-corrected chi connectivity index (χ3v) is 3.58. The van der Waals surface area contributed by atoms with Gasteiger partial charge in [-0.2, -0.15) is 12.6 Å². The van der Waals surface area contributed by atoms with E-state index in [0.717, 1.165) is 48.8 Å². The highest BCUT2D eigenvalue weighted by atomic mass is 32.1. The Bertz CT molecular complexity index is 565. The van der Waals surface area contributed by atoms with Gasteiger partial charge in [0.05, 0.1) is 18.1 Å². The third-order valence-electron chi connectivity index (χ3n) is 3.36. The molecule has 0 saturated carbocycles. The SMILES string of the molecule is COc1ccc2c(c1)nc(CCS)n2CCCN(C)C. The zero-order valence-electron chi connectivity index (χ0n) is 12.5. The first kappa shape index (κ1) is 15.2. The molecule has 1 aromatic heterocycles. The number of thiol groups is 1. The molecule has 0 radical (unpaired) electrons. The molecule has 1 aromatic carbocycles. The first-order valence-corrected chi connectivity index (χ1v) is 7.57. The minimum Gasteiger partial charge on any atom is -0.497 e. The maximum atomic E-state index is 5.27. The molecule has 4 nitrogen and oxygen atoms in total. The number of imidazole rings is 1. The van der Waals surface area contributed by atoms with Crippen molar-refractivity contribution in [3.63, 3.8) is 0 Å². The number of ether oxygens (including phenoxy) is 1. The van der Waals surface area contributed by atoms with E-state index in [4.69, 9.17) is 9.72 Å². The number of benzene rings is 1. The van der Waals surface area contributed by atoms with Gasteiger partial charge >= 0.3 is 0 Å². The van der Waals surface area contributed by atoms with Crippen LogP contribution in [0.3, 0.4) is 0 Å². The highest BCUT2D eigenvalue weighted by molar-refractivity contribution is 7.80. The number of hydrogen-bond donors (Lipinski definition) is 1. The number of aromatic nitrogens is 2. The molecular formula is C15H23N3OS. The molecule has 0 bridgehead atoms. The van der Waals surface area contributed by atoms with Crippen molar-refractivity contribution < 1.29 is 4.74 Å². The van der Waals surface area contributed by atoms with Gasteiger partial charge in [0.2, 0.25) is 0 Å². The second-order valence-electron chi connectivity index (χ2n) is 5.16. The monoisotopic (exact) mass is 293 g/mol. The highest BCUT2D eigenvalue weighted by Crippen LogP contribution is 2.22. The summed E-state index contributed by atoms with van der Waals surface area (Å²) in [7, 11) is 5.89. The number of methoxy groups -OCH3 is 1. The molecule has 5 heteroatoms. The molecule has 0 amide bonds. The van der Waals surface area contributed by atoms with Crippen molar-refractivity contribution in [1.82, 2.24) is 14.5 Å². The van der Waals surface area contributed by atoms with E-state index in [9.17, 15) is 0 Å². The Kier molecular flexibility index (Phi) is 5.31. The van der Waals surface area contributed by atoms with Gasteiger partial charge in [0.1, 0.15) is 11.6 Å². The van der Waals surface area contributed by atoms with Crippen molar-refractivity contribution in [2.24, 2.45) is 0 Å². The molecule has 1 heterocycles. The molecule has 0 aliphatic carbocycles. The molecular weight excluding hydrogens is 270 g/mol. The van der Waals surface area contributed by atoms with Gasteiger partial charge in [-0.3, -0.25) is 0 Å². The summed E-state index contributed by atoms with van der Waals surface area (Å²) in [6.45, 7) is 2.07. The number of nitrogens with zero attached hydrogens (tertiary/aromatic N) is 3. The van der Waals surface area contributed by atoms with E-state index >= 15 is 0 Å². The van der Waals surface area contributed by atoms with Crippen molar-refractivity contribution in [3.8, 4) is 5.75 Å². The number of fused-ring (bicyclic) bond motifs is 1. The third kappa shape index (κ3) is 3.46. The molecule has 20 heavy (non-hydrogen) atoms. The van der Waals surface area contributed by atoms with Gasteiger partial charge in [-0.05, 0) is 44.9 Å². The van der Waals surface area contributed by atoms with Crippen LogP contribution in [0.1, 0.15) is 12.2 Å². The van der Waals surface area contributed by atoms with Crippen molar-refractivity contribution in [1.29, 1.82) is 0 Å². The topological polar surface area (TPSA) is 30.3 Å². The molecule has 0 unspecified atom stereocenters. The maximum Gasteiger partial charge on any atom is 0.121 e. The summed E-state index contributed by atoms with van der Waals surface area (Å²) >= 11 is 4.34. The summed E-state index contributed by atoms with van der Waals surface area (Å²) in [5, 5.41) is 0. The Hall–Kier alpha value is -1.20. The fourth-order valence-electron chi connectivity index (χ4n) is 2.37. The summed E-state index contributed by atoms with van der Waals surface area (Å²) in [5.74, 6) is 2.78. The van der Waals surface area contributed by atoms with E-state index < -0.39 is 0 Å². The first-order valence-electron chi connectivity index (χ1n) is 6.94. The number of aryl methyl sites for hydroxylation is 2. The van der Waals surface area contributed by atoms with Crippen LogP contribution in [0.2, 0.25) is 0 Å². The van der Waals surface area contributed by atoms with Crippen LogP contribution in [0, 0.1) is 0 Å². The van der Waals surface area contributed by atoms with E-state index in [1.54, 1.807) is 7.11 Å². The standard InChI is InChI=1S/C15H23N3OS/c1-17(2)8-4-9-18-14-6-5-12(19-3)11-13(14)16-15(18)7-10-20/h5-6,11,20H,4,7-10H2,1-3H3. The second-order valence-corrected chi connectivity index (χ2v) is 5.61. The summed E-state index contributed by atoms with van der Waals surface area (Å²) < 4.78 is 7.59. The van der Waals surface area contributed by atoms with E-state index in [1.807, 2.05) is 12.1 Å². The summed E-state index contributed by atoms with van der Waals surface area (Å²) in [4.78, 5) is 6.94. The van der Waals surface area contributed by atoms with Crippen LogP contribution in [-0.4, -0.2) is 48.0 Å². The molecule has 0 fully saturated rings. The van der Waals surface area contributed by atoms with Crippen LogP contribution in [0.25, 0.3) is 11.0 Å². The molecule has 0 saturated heterocycles. The fraction of sp³-hybridized carbons (Fsp3) is 0.533. The van der Waals surface area contributed by atoms with Gasteiger partial charge in [-0.15, -0.1) is 0 Å². The molecule has 2 rings (SSSR count). The molecule has 0 spiro atoms. The average Bonchev–Trinajstić information content (AvgIpc) is 2.76.